The topological polar surface area (TPSA) is 66.5 Å². The molecular weight excluding hydrogens is 350 g/mol. The van der Waals surface area contributed by atoms with Gasteiger partial charge in [-0.05, 0) is 42.3 Å². The highest BCUT2D eigenvalue weighted by molar-refractivity contribution is 7.89. The van der Waals surface area contributed by atoms with E-state index in [1.807, 2.05) is 0 Å². The normalized spacial score (nSPS) is 17.9. The SMILES string of the molecule is O=C1CC(CNS(=O)(=O)c2ccccc2F)CN1c1ccc(F)cc1. The van der Waals surface area contributed by atoms with E-state index in [0.717, 1.165) is 6.07 Å². The van der Waals surface area contributed by atoms with Crippen molar-refractivity contribution in [2.45, 2.75) is 11.3 Å². The Bertz CT molecular complexity index is 885. The molecule has 1 atom stereocenters. The molecule has 1 unspecified atom stereocenters. The first-order chi connectivity index (χ1) is 11.9. The van der Waals surface area contributed by atoms with Crippen LogP contribution in [0.4, 0.5) is 14.5 Å². The van der Waals surface area contributed by atoms with Crippen LogP contribution in [0.3, 0.4) is 0 Å². The van der Waals surface area contributed by atoms with Gasteiger partial charge in [-0.2, -0.15) is 0 Å². The van der Waals surface area contributed by atoms with E-state index < -0.39 is 26.6 Å². The summed E-state index contributed by atoms with van der Waals surface area (Å²) in [5.41, 5.74) is 0.561. The number of nitrogens with one attached hydrogen (secondary N) is 1. The van der Waals surface area contributed by atoms with Crippen LogP contribution in [-0.4, -0.2) is 27.4 Å². The molecule has 0 aromatic heterocycles. The Hall–Kier alpha value is -2.32. The van der Waals surface area contributed by atoms with Gasteiger partial charge in [0.1, 0.15) is 16.5 Å². The summed E-state index contributed by atoms with van der Waals surface area (Å²) in [5.74, 6) is -1.64. The van der Waals surface area contributed by atoms with Crippen molar-refractivity contribution < 1.29 is 22.0 Å². The Labute approximate surface area is 144 Å². The molecule has 2 aromatic rings. The van der Waals surface area contributed by atoms with Crippen molar-refractivity contribution >= 4 is 21.6 Å². The molecule has 0 aliphatic carbocycles. The summed E-state index contributed by atoms with van der Waals surface area (Å²) in [6.07, 6.45) is 0.164. The number of carbonyl (C=O) groups excluding carboxylic acids is 1. The number of nitrogens with zero attached hydrogens (tertiary/aromatic N) is 1. The fourth-order valence-electron chi connectivity index (χ4n) is 2.76. The predicted molar refractivity (Wildman–Crippen MR) is 88.4 cm³/mol. The molecule has 2 aromatic carbocycles. The second-order valence-corrected chi connectivity index (χ2v) is 7.57. The summed E-state index contributed by atoms with van der Waals surface area (Å²) in [6.45, 7) is 0.324. The molecule has 0 bridgehead atoms. The van der Waals surface area contributed by atoms with Crippen LogP contribution in [0.5, 0.6) is 0 Å². The van der Waals surface area contributed by atoms with Crippen molar-refractivity contribution in [2.24, 2.45) is 5.92 Å². The van der Waals surface area contributed by atoms with E-state index in [1.54, 1.807) is 0 Å². The highest BCUT2D eigenvalue weighted by Crippen LogP contribution is 2.25. The summed E-state index contributed by atoms with van der Waals surface area (Å²) >= 11 is 0. The number of sulfonamides is 1. The number of carbonyl (C=O) groups is 1. The third-order valence-corrected chi connectivity index (χ3v) is 5.49. The maximum Gasteiger partial charge on any atom is 0.243 e. The summed E-state index contributed by atoms with van der Waals surface area (Å²) in [4.78, 5) is 13.2. The number of anilines is 1. The minimum absolute atomic E-state index is 0.0140. The first-order valence-electron chi connectivity index (χ1n) is 7.67. The lowest BCUT2D eigenvalue weighted by atomic mass is 10.1. The van der Waals surface area contributed by atoms with Crippen LogP contribution in [0, 0.1) is 17.6 Å². The standard InChI is InChI=1S/C17H16F2N2O3S/c18-13-5-7-14(8-6-13)21-11-12(9-17(21)22)10-20-25(23,24)16-4-2-1-3-15(16)19/h1-8,12,20H,9-11H2. The zero-order valence-electron chi connectivity index (χ0n) is 13.2. The molecule has 0 spiro atoms. The second-order valence-electron chi connectivity index (χ2n) is 5.83. The minimum atomic E-state index is -3.99. The van der Waals surface area contributed by atoms with Crippen LogP contribution in [0.2, 0.25) is 0 Å². The first-order valence-corrected chi connectivity index (χ1v) is 9.15. The van der Waals surface area contributed by atoms with Crippen molar-refractivity contribution in [1.82, 2.24) is 4.72 Å². The lowest BCUT2D eigenvalue weighted by Gasteiger charge is -2.17. The Morgan fingerprint density at radius 3 is 2.44 bits per heavy atom. The predicted octanol–water partition coefficient (Wildman–Crippen LogP) is 2.30. The van der Waals surface area contributed by atoms with Crippen molar-refractivity contribution in [2.75, 3.05) is 18.0 Å². The smallest absolute Gasteiger partial charge is 0.243 e. The van der Waals surface area contributed by atoms with Crippen LogP contribution < -0.4 is 9.62 Å². The average Bonchev–Trinajstić information content (AvgIpc) is 2.95. The van der Waals surface area contributed by atoms with Crippen molar-refractivity contribution in [3.8, 4) is 0 Å². The zero-order valence-corrected chi connectivity index (χ0v) is 14.0. The van der Waals surface area contributed by atoms with Crippen LogP contribution in [0.15, 0.2) is 53.4 Å². The van der Waals surface area contributed by atoms with Gasteiger partial charge in [0.05, 0.1) is 0 Å². The molecule has 5 nitrogen and oxygen atoms in total. The summed E-state index contributed by atoms with van der Waals surface area (Å²) in [6, 6.07) is 10.6. The molecular formula is C17H16F2N2O3S. The number of benzene rings is 2. The van der Waals surface area contributed by atoms with E-state index in [0.29, 0.717) is 12.2 Å². The number of halogens is 2. The van der Waals surface area contributed by atoms with Crippen molar-refractivity contribution in [3.05, 3.63) is 60.2 Å². The van der Waals surface area contributed by atoms with Gasteiger partial charge in [-0.25, -0.2) is 21.9 Å². The highest BCUT2D eigenvalue weighted by atomic mass is 32.2. The van der Waals surface area contributed by atoms with Crippen molar-refractivity contribution in [3.63, 3.8) is 0 Å². The fourth-order valence-corrected chi connectivity index (χ4v) is 3.95. The maximum absolute atomic E-state index is 13.7. The van der Waals surface area contributed by atoms with Gasteiger partial charge in [0, 0.05) is 25.2 Å². The van der Waals surface area contributed by atoms with E-state index >= 15 is 0 Å². The second kappa shape index (κ2) is 6.89. The Balaban J connectivity index is 1.66. The molecule has 1 aliphatic rings. The monoisotopic (exact) mass is 366 g/mol. The Morgan fingerprint density at radius 1 is 1.08 bits per heavy atom. The van der Waals surface area contributed by atoms with Crippen LogP contribution in [0.25, 0.3) is 0 Å². The fraction of sp³-hybridized carbons (Fsp3) is 0.235. The van der Waals surface area contributed by atoms with Crippen LogP contribution in [-0.2, 0) is 14.8 Å². The first kappa shape index (κ1) is 17.5. The molecule has 3 rings (SSSR count). The Morgan fingerprint density at radius 2 is 1.76 bits per heavy atom. The molecule has 1 amide bonds. The van der Waals surface area contributed by atoms with Gasteiger partial charge in [0.2, 0.25) is 15.9 Å². The largest absolute Gasteiger partial charge is 0.312 e. The van der Waals surface area contributed by atoms with E-state index in [-0.39, 0.29) is 24.8 Å². The number of hydrogen-bond donors (Lipinski definition) is 1. The lowest BCUT2D eigenvalue weighted by Crippen LogP contribution is -2.31. The molecule has 132 valence electrons. The van der Waals surface area contributed by atoms with E-state index in [4.69, 9.17) is 0 Å². The zero-order chi connectivity index (χ0) is 18.0. The highest BCUT2D eigenvalue weighted by Gasteiger charge is 2.31. The van der Waals surface area contributed by atoms with Gasteiger partial charge in [-0.3, -0.25) is 4.79 Å². The molecule has 25 heavy (non-hydrogen) atoms. The van der Waals surface area contributed by atoms with Crippen LogP contribution >= 0.6 is 0 Å². The van der Waals surface area contributed by atoms with Crippen LogP contribution in [0.1, 0.15) is 6.42 Å². The molecule has 1 aliphatic heterocycles. The average molecular weight is 366 g/mol. The quantitative estimate of drug-likeness (QED) is 0.883. The van der Waals surface area contributed by atoms with Crippen molar-refractivity contribution in [1.29, 1.82) is 0 Å². The van der Waals surface area contributed by atoms with Gasteiger partial charge >= 0.3 is 0 Å². The van der Waals surface area contributed by atoms with Gasteiger partial charge in [-0.15, -0.1) is 0 Å². The molecule has 1 fully saturated rings. The number of rotatable bonds is 5. The minimum Gasteiger partial charge on any atom is -0.312 e. The molecule has 0 radical (unpaired) electrons. The maximum atomic E-state index is 13.7. The third kappa shape index (κ3) is 3.85. The summed E-state index contributed by atoms with van der Waals surface area (Å²) < 4.78 is 53.4. The summed E-state index contributed by atoms with van der Waals surface area (Å²) in [7, 11) is -3.99. The van der Waals surface area contributed by atoms with Gasteiger partial charge in [0.25, 0.3) is 0 Å². The summed E-state index contributed by atoms with van der Waals surface area (Å²) in [5, 5.41) is 0. The molecule has 0 saturated carbocycles. The van der Waals surface area contributed by atoms with E-state index in [2.05, 4.69) is 4.72 Å². The lowest BCUT2D eigenvalue weighted by molar-refractivity contribution is -0.117. The van der Waals surface area contributed by atoms with Gasteiger partial charge < -0.3 is 4.90 Å². The Kier molecular flexibility index (Phi) is 4.82. The number of amides is 1. The van der Waals surface area contributed by atoms with Gasteiger partial charge in [-0.1, -0.05) is 12.1 Å². The molecule has 8 heteroatoms. The molecule has 1 N–H and O–H groups in total. The molecule has 1 heterocycles. The number of hydrogen-bond acceptors (Lipinski definition) is 3. The van der Waals surface area contributed by atoms with E-state index in [9.17, 15) is 22.0 Å². The van der Waals surface area contributed by atoms with E-state index in [1.165, 1.54) is 47.4 Å². The molecule has 1 saturated heterocycles. The third-order valence-electron chi connectivity index (χ3n) is 4.03. The van der Waals surface area contributed by atoms with Gasteiger partial charge in [0.15, 0.2) is 0 Å².